The lowest BCUT2D eigenvalue weighted by Gasteiger charge is -2.36. The Morgan fingerprint density at radius 2 is 2.20 bits per heavy atom. The van der Waals surface area contributed by atoms with Crippen LogP contribution in [0.2, 0.25) is 0 Å². The number of aliphatic hydroxyl groups excluding tert-OH is 1. The van der Waals surface area contributed by atoms with Crippen LogP contribution in [0.25, 0.3) is 0 Å². The molecule has 1 aliphatic heterocycles. The Morgan fingerprint density at radius 3 is 2.80 bits per heavy atom. The Hall–Kier alpha value is -1.62. The van der Waals surface area contributed by atoms with Crippen molar-refractivity contribution in [2.45, 2.75) is 44.8 Å². The topological polar surface area (TPSA) is 62.7 Å². The molecule has 1 amide bonds. The molecule has 0 saturated carbocycles. The molecule has 2 heterocycles. The number of ether oxygens (including phenoxy) is 1. The van der Waals surface area contributed by atoms with Crippen LogP contribution in [0.4, 0.5) is 4.79 Å². The van der Waals surface area contributed by atoms with Gasteiger partial charge < -0.3 is 14.7 Å². The molecule has 110 valence electrons. The van der Waals surface area contributed by atoms with Gasteiger partial charge in [0.25, 0.3) is 0 Å². The van der Waals surface area contributed by atoms with E-state index in [9.17, 15) is 9.90 Å². The van der Waals surface area contributed by atoms with Gasteiger partial charge in [-0.05, 0) is 39.3 Å². The quantitative estimate of drug-likeness (QED) is 0.855. The van der Waals surface area contributed by atoms with E-state index in [1.54, 1.807) is 11.1 Å². The number of carbonyl (C=O) groups excluding carboxylic acids is 1. The van der Waals surface area contributed by atoms with Crippen molar-refractivity contribution in [1.29, 1.82) is 0 Å². The maximum atomic E-state index is 12.1. The van der Waals surface area contributed by atoms with Crippen molar-refractivity contribution in [3.63, 3.8) is 0 Å². The van der Waals surface area contributed by atoms with E-state index >= 15 is 0 Å². The number of pyridine rings is 1. The van der Waals surface area contributed by atoms with Gasteiger partial charge in [-0.2, -0.15) is 0 Å². The van der Waals surface area contributed by atoms with Crippen molar-refractivity contribution in [2.24, 2.45) is 0 Å². The number of amides is 1. The average molecular weight is 278 g/mol. The van der Waals surface area contributed by atoms with Gasteiger partial charge in [0.2, 0.25) is 0 Å². The molecule has 5 nitrogen and oxygen atoms in total. The van der Waals surface area contributed by atoms with Crippen LogP contribution in [0.15, 0.2) is 24.4 Å². The third-order valence-electron chi connectivity index (χ3n) is 3.30. The summed E-state index contributed by atoms with van der Waals surface area (Å²) in [5.41, 5.74) is 0.307. The first-order valence-electron chi connectivity index (χ1n) is 6.94. The van der Waals surface area contributed by atoms with Gasteiger partial charge in [-0.15, -0.1) is 0 Å². The fraction of sp³-hybridized carbons (Fsp3) is 0.600. The van der Waals surface area contributed by atoms with Crippen LogP contribution in [0, 0.1) is 0 Å². The Labute approximate surface area is 119 Å². The van der Waals surface area contributed by atoms with E-state index in [0.29, 0.717) is 19.5 Å². The summed E-state index contributed by atoms with van der Waals surface area (Å²) in [6.07, 6.45) is 1.45. The van der Waals surface area contributed by atoms with Gasteiger partial charge in [0.15, 0.2) is 0 Å². The van der Waals surface area contributed by atoms with Crippen LogP contribution < -0.4 is 0 Å². The molecule has 0 aliphatic carbocycles. The summed E-state index contributed by atoms with van der Waals surface area (Å²) in [7, 11) is 0. The summed E-state index contributed by atoms with van der Waals surface area (Å²) < 4.78 is 5.38. The van der Waals surface area contributed by atoms with Crippen molar-refractivity contribution >= 4 is 6.09 Å². The highest BCUT2D eigenvalue weighted by Crippen LogP contribution is 2.26. The minimum Gasteiger partial charge on any atom is -0.444 e. The number of hydrogen-bond donors (Lipinski definition) is 1. The standard InChI is InChI=1S/C15H22N2O3/c1-15(2,3)20-14(19)17-9-7-13(18)11(10-17)12-6-4-5-8-16-12/h4-6,8,11,13,18H,7,9-10H2,1-3H3/t11-,13+/m1/s1. The molecular formula is C15H22N2O3. The summed E-state index contributed by atoms with van der Waals surface area (Å²) in [6, 6.07) is 5.61. The molecular weight excluding hydrogens is 256 g/mol. The molecule has 2 atom stereocenters. The summed E-state index contributed by atoms with van der Waals surface area (Å²) in [6.45, 7) is 6.49. The highest BCUT2D eigenvalue weighted by molar-refractivity contribution is 5.68. The van der Waals surface area contributed by atoms with E-state index in [1.165, 1.54) is 0 Å². The van der Waals surface area contributed by atoms with Gasteiger partial charge in [-0.1, -0.05) is 6.07 Å². The Morgan fingerprint density at radius 1 is 1.45 bits per heavy atom. The van der Waals surface area contributed by atoms with Crippen LogP contribution in [-0.4, -0.2) is 45.9 Å². The van der Waals surface area contributed by atoms with Gasteiger partial charge in [0.1, 0.15) is 5.60 Å². The lowest BCUT2D eigenvalue weighted by Crippen LogP contribution is -2.46. The fourth-order valence-electron chi connectivity index (χ4n) is 2.32. The predicted octanol–water partition coefficient (Wildman–Crippen LogP) is 2.17. The van der Waals surface area contributed by atoms with Gasteiger partial charge in [-0.25, -0.2) is 4.79 Å². The van der Waals surface area contributed by atoms with Crippen LogP contribution in [0.5, 0.6) is 0 Å². The third kappa shape index (κ3) is 3.70. The normalized spacial score (nSPS) is 23.5. The fourth-order valence-corrected chi connectivity index (χ4v) is 2.32. The summed E-state index contributed by atoms with van der Waals surface area (Å²) >= 11 is 0. The summed E-state index contributed by atoms with van der Waals surface area (Å²) in [4.78, 5) is 18.0. The smallest absolute Gasteiger partial charge is 0.410 e. The Kier molecular flexibility index (Phi) is 4.28. The van der Waals surface area contributed by atoms with Gasteiger partial charge in [0, 0.05) is 30.9 Å². The van der Waals surface area contributed by atoms with Crippen LogP contribution in [0.1, 0.15) is 38.8 Å². The van der Waals surface area contributed by atoms with Crippen molar-refractivity contribution in [3.8, 4) is 0 Å². The Balaban J connectivity index is 2.07. The molecule has 1 N–H and O–H groups in total. The first-order valence-corrected chi connectivity index (χ1v) is 6.94. The molecule has 0 unspecified atom stereocenters. The number of rotatable bonds is 1. The van der Waals surface area contributed by atoms with E-state index < -0.39 is 11.7 Å². The zero-order chi connectivity index (χ0) is 14.8. The third-order valence-corrected chi connectivity index (χ3v) is 3.30. The predicted molar refractivity (Wildman–Crippen MR) is 75.4 cm³/mol. The average Bonchev–Trinajstić information content (AvgIpc) is 2.38. The van der Waals surface area contributed by atoms with Crippen molar-refractivity contribution in [3.05, 3.63) is 30.1 Å². The van der Waals surface area contributed by atoms with E-state index in [-0.39, 0.29) is 12.0 Å². The number of nitrogens with zero attached hydrogens (tertiary/aromatic N) is 2. The monoisotopic (exact) mass is 278 g/mol. The Bertz CT molecular complexity index is 456. The molecule has 2 rings (SSSR count). The number of likely N-dealkylation sites (tertiary alicyclic amines) is 1. The van der Waals surface area contributed by atoms with E-state index in [4.69, 9.17) is 4.74 Å². The molecule has 0 aromatic carbocycles. The molecule has 1 aliphatic rings. The molecule has 0 radical (unpaired) electrons. The number of carbonyl (C=O) groups is 1. The van der Waals surface area contributed by atoms with Gasteiger partial charge in [0.05, 0.1) is 6.10 Å². The highest BCUT2D eigenvalue weighted by Gasteiger charge is 2.33. The molecule has 1 aromatic rings. The minimum atomic E-state index is -0.506. The largest absolute Gasteiger partial charge is 0.444 e. The van der Waals surface area contributed by atoms with E-state index in [0.717, 1.165) is 5.69 Å². The molecule has 5 heteroatoms. The van der Waals surface area contributed by atoms with E-state index in [2.05, 4.69) is 4.98 Å². The maximum Gasteiger partial charge on any atom is 0.410 e. The number of piperidine rings is 1. The second-order valence-corrected chi connectivity index (χ2v) is 6.14. The zero-order valence-corrected chi connectivity index (χ0v) is 12.2. The van der Waals surface area contributed by atoms with Gasteiger partial charge >= 0.3 is 6.09 Å². The van der Waals surface area contributed by atoms with Crippen LogP contribution in [-0.2, 0) is 4.74 Å². The van der Waals surface area contributed by atoms with Crippen LogP contribution in [0.3, 0.4) is 0 Å². The lowest BCUT2D eigenvalue weighted by atomic mass is 9.91. The first kappa shape index (κ1) is 14.8. The number of aromatic nitrogens is 1. The first-order chi connectivity index (χ1) is 9.37. The van der Waals surface area contributed by atoms with Crippen molar-refractivity contribution < 1.29 is 14.6 Å². The van der Waals surface area contributed by atoms with Crippen molar-refractivity contribution in [2.75, 3.05) is 13.1 Å². The molecule has 20 heavy (non-hydrogen) atoms. The van der Waals surface area contributed by atoms with Crippen molar-refractivity contribution in [1.82, 2.24) is 9.88 Å². The molecule has 1 fully saturated rings. The molecule has 0 spiro atoms. The summed E-state index contributed by atoms with van der Waals surface area (Å²) in [5, 5.41) is 10.1. The maximum absolute atomic E-state index is 12.1. The second kappa shape index (κ2) is 5.79. The van der Waals surface area contributed by atoms with Gasteiger partial charge in [-0.3, -0.25) is 4.98 Å². The van der Waals surface area contributed by atoms with E-state index in [1.807, 2.05) is 39.0 Å². The molecule has 0 bridgehead atoms. The van der Waals surface area contributed by atoms with Crippen LogP contribution >= 0.6 is 0 Å². The number of hydrogen-bond acceptors (Lipinski definition) is 4. The second-order valence-electron chi connectivity index (χ2n) is 6.14. The lowest BCUT2D eigenvalue weighted by molar-refractivity contribution is 0.00367. The number of aliphatic hydroxyl groups is 1. The zero-order valence-electron chi connectivity index (χ0n) is 12.2. The highest BCUT2D eigenvalue weighted by atomic mass is 16.6. The molecule has 1 saturated heterocycles. The minimum absolute atomic E-state index is 0.155. The molecule has 1 aromatic heterocycles. The SMILES string of the molecule is CC(C)(C)OC(=O)N1CC[C@H](O)[C@@H](c2ccccn2)C1. The summed E-state index contributed by atoms with van der Waals surface area (Å²) in [5.74, 6) is -0.155.